The molecule has 1 fully saturated rings. The standard InChI is InChI=1S/C17H34N2O2/c1-13(2)14(10-18-12-17(6)8-7-9-17)11-19-15(20)21-16(3,4)5/h13-14,18H,7-12H2,1-6H3,(H,19,20). The van der Waals surface area contributed by atoms with Crippen LogP contribution in [0.2, 0.25) is 0 Å². The minimum atomic E-state index is -0.436. The lowest BCUT2D eigenvalue weighted by Crippen LogP contribution is -2.43. The number of amides is 1. The molecule has 1 unspecified atom stereocenters. The Labute approximate surface area is 130 Å². The van der Waals surface area contributed by atoms with Crippen LogP contribution in [-0.4, -0.2) is 31.3 Å². The molecule has 124 valence electrons. The van der Waals surface area contributed by atoms with Crippen molar-refractivity contribution in [3.8, 4) is 0 Å². The molecule has 0 saturated heterocycles. The van der Waals surface area contributed by atoms with E-state index in [2.05, 4.69) is 31.4 Å². The van der Waals surface area contributed by atoms with Crippen molar-refractivity contribution in [1.82, 2.24) is 10.6 Å². The molecule has 0 aliphatic heterocycles. The highest BCUT2D eigenvalue weighted by Gasteiger charge is 2.31. The second kappa shape index (κ2) is 7.48. The highest BCUT2D eigenvalue weighted by Crippen LogP contribution is 2.39. The molecule has 0 bridgehead atoms. The van der Waals surface area contributed by atoms with E-state index in [0.717, 1.165) is 13.1 Å². The number of rotatable bonds is 7. The van der Waals surface area contributed by atoms with Gasteiger partial charge in [0.25, 0.3) is 0 Å². The maximum Gasteiger partial charge on any atom is 0.407 e. The summed E-state index contributed by atoms with van der Waals surface area (Å²) in [6.45, 7) is 15.1. The second-order valence-electron chi connectivity index (χ2n) is 8.18. The van der Waals surface area contributed by atoms with E-state index in [4.69, 9.17) is 4.74 Å². The molecule has 0 aromatic rings. The smallest absolute Gasteiger partial charge is 0.407 e. The zero-order valence-corrected chi connectivity index (χ0v) is 14.7. The third kappa shape index (κ3) is 7.16. The normalized spacial score (nSPS) is 19.0. The summed E-state index contributed by atoms with van der Waals surface area (Å²) in [5.41, 5.74) is 0.0641. The fraction of sp³-hybridized carbons (Fsp3) is 0.941. The number of carbonyl (C=O) groups is 1. The van der Waals surface area contributed by atoms with Crippen LogP contribution in [0.5, 0.6) is 0 Å². The molecule has 1 aliphatic rings. The Hall–Kier alpha value is -0.770. The van der Waals surface area contributed by atoms with Crippen LogP contribution in [0, 0.1) is 17.3 Å². The van der Waals surface area contributed by atoms with E-state index < -0.39 is 5.60 Å². The Morgan fingerprint density at radius 3 is 2.29 bits per heavy atom. The second-order valence-corrected chi connectivity index (χ2v) is 8.18. The number of hydrogen-bond acceptors (Lipinski definition) is 3. The van der Waals surface area contributed by atoms with E-state index >= 15 is 0 Å². The van der Waals surface area contributed by atoms with Crippen LogP contribution in [0.4, 0.5) is 4.79 Å². The van der Waals surface area contributed by atoms with Crippen molar-refractivity contribution in [3.63, 3.8) is 0 Å². The van der Waals surface area contributed by atoms with Crippen LogP contribution in [0.1, 0.15) is 60.8 Å². The van der Waals surface area contributed by atoms with Crippen LogP contribution in [-0.2, 0) is 4.74 Å². The van der Waals surface area contributed by atoms with Gasteiger partial charge in [-0.05, 0) is 57.4 Å². The third-order valence-electron chi connectivity index (χ3n) is 4.37. The lowest BCUT2D eigenvalue weighted by atomic mass is 9.70. The number of carbonyl (C=O) groups excluding carboxylic acids is 1. The molecule has 21 heavy (non-hydrogen) atoms. The number of nitrogens with one attached hydrogen (secondary N) is 2. The summed E-state index contributed by atoms with van der Waals surface area (Å²) in [5, 5.41) is 6.48. The van der Waals surface area contributed by atoms with Crippen molar-refractivity contribution in [2.75, 3.05) is 19.6 Å². The summed E-state index contributed by atoms with van der Waals surface area (Å²) in [4.78, 5) is 11.7. The molecule has 1 saturated carbocycles. The van der Waals surface area contributed by atoms with Crippen molar-refractivity contribution in [2.45, 2.75) is 66.4 Å². The van der Waals surface area contributed by atoms with Crippen LogP contribution < -0.4 is 10.6 Å². The van der Waals surface area contributed by atoms with E-state index in [1.807, 2.05) is 20.8 Å². The van der Waals surface area contributed by atoms with Gasteiger partial charge in [0.05, 0.1) is 0 Å². The number of alkyl carbamates (subject to hydrolysis) is 1. The first kappa shape index (κ1) is 18.3. The molecule has 4 heteroatoms. The monoisotopic (exact) mass is 298 g/mol. The first-order chi connectivity index (χ1) is 9.61. The zero-order chi connectivity index (χ0) is 16.1. The summed E-state index contributed by atoms with van der Waals surface area (Å²) in [6, 6.07) is 0. The van der Waals surface area contributed by atoms with Gasteiger partial charge in [0.2, 0.25) is 0 Å². The van der Waals surface area contributed by atoms with E-state index in [1.165, 1.54) is 19.3 Å². The third-order valence-corrected chi connectivity index (χ3v) is 4.37. The maximum atomic E-state index is 11.7. The Balaban J connectivity index is 2.27. The Morgan fingerprint density at radius 2 is 1.86 bits per heavy atom. The summed E-state index contributed by atoms with van der Waals surface area (Å²) in [5.74, 6) is 0.961. The van der Waals surface area contributed by atoms with Gasteiger partial charge < -0.3 is 15.4 Å². The van der Waals surface area contributed by atoms with Gasteiger partial charge in [-0.1, -0.05) is 27.2 Å². The summed E-state index contributed by atoms with van der Waals surface area (Å²) >= 11 is 0. The molecule has 0 heterocycles. The first-order valence-corrected chi connectivity index (χ1v) is 8.29. The Kier molecular flexibility index (Phi) is 6.51. The van der Waals surface area contributed by atoms with Gasteiger partial charge in [-0.2, -0.15) is 0 Å². The van der Waals surface area contributed by atoms with Gasteiger partial charge in [-0.25, -0.2) is 4.79 Å². The Bertz CT molecular complexity index is 330. The van der Waals surface area contributed by atoms with E-state index in [-0.39, 0.29) is 6.09 Å². The topological polar surface area (TPSA) is 50.4 Å². The molecule has 1 rings (SSSR count). The van der Waals surface area contributed by atoms with Gasteiger partial charge in [0, 0.05) is 13.1 Å². The lowest BCUT2D eigenvalue weighted by Gasteiger charge is -2.39. The average molecular weight is 298 g/mol. The molecular formula is C17H34N2O2. The average Bonchev–Trinajstić information content (AvgIpc) is 2.28. The lowest BCUT2D eigenvalue weighted by molar-refractivity contribution is 0.0513. The van der Waals surface area contributed by atoms with Crippen molar-refractivity contribution in [3.05, 3.63) is 0 Å². The molecule has 0 spiro atoms. The van der Waals surface area contributed by atoms with Gasteiger partial charge in [0.15, 0.2) is 0 Å². The molecule has 1 amide bonds. The van der Waals surface area contributed by atoms with Crippen LogP contribution in [0.25, 0.3) is 0 Å². The molecule has 4 nitrogen and oxygen atoms in total. The predicted octanol–water partition coefficient (Wildman–Crippen LogP) is 3.56. The summed E-state index contributed by atoms with van der Waals surface area (Å²) in [6.07, 6.45) is 3.72. The maximum absolute atomic E-state index is 11.7. The van der Waals surface area contributed by atoms with E-state index in [1.54, 1.807) is 0 Å². The molecular weight excluding hydrogens is 264 g/mol. The first-order valence-electron chi connectivity index (χ1n) is 8.29. The van der Waals surface area contributed by atoms with Gasteiger partial charge >= 0.3 is 6.09 Å². The quantitative estimate of drug-likeness (QED) is 0.755. The fourth-order valence-electron chi connectivity index (χ4n) is 2.59. The number of ether oxygens (including phenoxy) is 1. The van der Waals surface area contributed by atoms with Crippen LogP contribution in [0.15, 0.2) is 0 Å². The summed E-state index contributed by atoms with van der Waals surface area (Å²) in [7, 11) is 0. The van der Waals surface area contributed by atoms with Crippen molar-refractivity contribution in [2.24, 2.45) is 17.3 Å². The molecule has 0 aromatic carbocycles. The fourth-order valence-corrected chi connectivity index (χ4v) is 2.59. The minimum Gasteiger partial charge on any atom is -0.444 e. The summed E-state index contributed by atoms with van der Waals surface area (Å²) < 4.78 is 5.28. The highest BCUT2D eigenvalue weighted by molar-refractivity contribution is 5.67. The molecule has 0 aromatic heterocycles. The molecule has 1 atom stereocenters. The minimum absolute atomic E-state index is 0.320. The molecule has 0 radical (unpaired) electrons. The van der Waals surface area contributed by atoms with Crippen LogP contribution in [0.3, 0.4) is 0 Å². The van der Waals surface area contributed by atoms with Gasteiger partial charge in [-0.3, -0.25) is 0 Å². The number of hydrogen-bond donors (Lipinski definition) is 2. The molecule has 1 aliphatic carbocycles. The van der Waals surface area contributed by atoms with Crippen LogP contribution >= 0.6 is 0 Å². The Morgan fingerprint density at radius 1 is 1.24 bits per heavy atom. The SMILES string of the molecule is CC(C)C(CNCC1(C)CCC1)CNC(=O)OC(C)(C)C. The van der Waals surface area contributed by atoms with Crippen molar-refractivity contribution < 1.29 is 9.53 Å². The van der Waals surface area contributed by atoms with Gasteiger partial charge in [-0.15, -0.1) is 0 Å². The van der Waals surface area contributed by atoms with Gasteiger partial charge in [0.1, 0.15) is 5.60 Å². The van der Waals surface area contributed by atoms with E-state index in [9.17, 15) is 4.79 Å². The highest BCUT2D eigenvalue weighted by atomic mass is 16.6. The van der Waals surface area contributed by atoms with Crippen molar-refractivity contribution >= 4 is 6.09 Å². The molecule has 2 N–H and O–H groups in total. The predicted molar refractivity (Wildman–Crippen MR) is 87.4 cm³/mol. The van der Waals surface area contributed by atoms with Crippen molar-refractivity contribution in [1.29, 1.82) is 0 Å². The zero-order valence-electron chi connectivity index (χ0n) is 14.7. The largest absolute Gasteiger partial charge is 0.444 e. The van der Waals surface area contributed by atoms with E-state index in [0.29, 0.717) is 23.8 Å².